The molecule has 52 valence electrons. The van der Waals surface area contributed by atoms with Gasteiger partial charge in [-0.25, -0.2) is 4.79 Å². The molecule has 4 nitrogen and oxygen atoms in total. The largest absolute Gasteiger partial charge is 0.338 e. The topological polar surface area (TPSA) is 67.2 Å². The molecule has 0 aromatic carbocycles. The summed E-state index contributed by atoms with van der Waals surface area (Å²) in [5, 5.41) is 5.19. The zero-order valence-electron chi connectivity index (χ0n) is 5.35. The Morgan fingerprint density at radius 3 is 2.89 bits per heavy atom. The number of hydrogen-bond acceptors (Lipinski definition) is 2. The minimum absolute atomic E-state index is 0.166. The average molecular weight is 129 g/mol. The van der Waals surface area contributed by atoms with Gasteiger partial charge in [0.05, 0.1) is 6.17 Å². The Kier molecular flexibility index (Phi) is 1.57. The van der Waals surface area contributed by atoms with Gasteiger partial charge < -0.3 is 16.4 Å². The third kappa shape index (κ3) is 1.32. The number of rotatable bonds is 0. The second-order valence-electron chi connectivity index (χ2n) is 2.36. The van der Waals surface area contributed by atoms with Crippen molar-refractivity contribution in [3.63, 3.8) is 0 Å². The van der Waals surface area contributed by atoms with E-state index in [9.17, 15) is 4.79 Å². The maximum absolute atomic E-state index is 10.5. The van der Waals surface area contributed by atoms with Crippen molar-refractivity contribution in [1.82, 2.24) is 10.6 Å². The van der Waals surface area contributed by atoms with Crippen molar-refractivity contribution in [3.8, 4) is 0 Å². The van der Waals surface area contributed by atoms with E-state index >= 15 is 0 Å². The van der Waals surface area contributed by atoms with Gasteiger partial charge in [-0.2, -0.15) is 0 Å². The highest BCUT2D eigenvalue weighted by Gasteiger charge is 2.20. The van der Waals surface area contributed by atoms with E-state index in [1.54, 1.807) is 0 Å². The predicted molar refractivity (Wildman–Crippen MR) is 33.7 cm³/mol. The van der Waals surface area contributed by atoms with Gasteiger partial charge in [0.1, 0.15) is 0 Å². The lowest BCUT2D eigenvalue weighted by Gasteiger charge is -2.26. The Balaban J connectivity index is 2.44. The van der Waals surface area contributed by atoms with Crippen LogP contribution in [0.2, 0.25) is 0 Å². The summed E-state index contributed by atoms with van der Waals surface area (Å²) in [6, 6.07) is -0.166. The smallest absolute Gasteiger partial charge is 0.316 e. The molecular formula is C5H11N3O. The summed E-state index contributed by atoms with van der Waals surface area (Å²) < 4.78 is 0. The van der Waals surface area contributed by atoms with Crippen LogP contribution >= 0.6 is 0 Å². The molecular weight excluding hydrogens is 118 g/mol. The fourth-order valence-electron chi connectivity index (χ4n) is 0.725. The van der Waals surface area contributed by atoms with Gasteiger partial charge in [0, 0.05) is 12.5 Å². The van der Waals surface area contributed by atoms with Crippen LogP contribution in [0.4, 0.5) is 4.79 Å². The van der Waals surface area contributed by atoms with Crippen LogP contribution in [0.3, 0.4) is 0 Å². The molecule has 0 aromatic heterocycles. The maximum Gasteiger partial charge on any atom is 0.316 e. The maximum atomic E-state index is 10.5. The van der Waals surface area contributed by atoms with Gasteiger partial charge in [0.25, 0.3) is 0 Å². The number of nitrogens with two attached hydrogens (primary N) is 1. The molecule has 1 rings (SSSR count). The third-order valence-electron chi connectivity index (χ3n) is 1.50. The van der Waals surface area contributed by atoms with Crippen molar-refractivity contribution in [3.05, 3.63) is 0 Å². The molecule has 0 spiro atoms. The van der Waals surface area contributed by atoms with E-state index in [2.05, 4.69) is 10.6 Å². The van der Waals surface area contributed by atoms with E-state index in [-0.39, 0.29) is 12.2 Å². The van der Waals surface area contributed by atoms with Gasteiger partial charge >= 0.3 is 6.03 Å². The quantitative estimate of drug-likeness (QED) is 0.401. The van der Waals surface area contributed by atoms with E-state index in [0.29, 0.717) is 12.5 Å². The molecule has 0 aromatic rings. The van der Waals surface area contributed by atoms with E-state index in [0.717, 1.165) is 0 Å². The number of amides is 2. The van der Waals surface area contributed by atoms with Crippen LogP contribution in [0.25, 0.3) is 0 Å². The first-order valence-corrected chi connectivity index (χ1v) is 3.00. The van der Waals surface area contributed by atoms with Crippen molar-refractivity contribution in [2.75, 3.05) is 6.54 Å². The first-order chi connectivity index (χ1) is 4.20. The molecule has 2 unspecified atom stereocenters. The van der Waals surface area contributed by atoms with Crippen LogP contribution in [0.15, 0.2) is 0 Å². The fourth-order valence-corrected chi connectivity index (χ4v) is 0.725. The number of carbonyl (C=O) groups excluding carboxylic acids is 1. The summed E-state index contributed by atoms with van der Waals surface area (Å²) in [6.45, 7) is 2.66. The predicted octanol–water partition coefficient (Wildman–Crippen LogP) is -0.780. The summed E-state index contributed by atoms with van der Waals surface area (Å²) >= 11 is 0. The summed E-state index contributed by atoms with van der Waals surface area (Å²) in [4.78, 5) is 10.5. The second-order valence-corrected chi connectivity index (χ2v) is 2.36. The highest BCUT2D eigenvalue weighted by Crippen LogP contribution is 1.98. The van der Waals surface area contributed by atoms with E-state index < -0.39 is 0 Å². The first kappa shape index (κ1) is 6.35. The highest BCUT2D eigenvalue weighted by atomic mass is 16.2. The van der Waals surface area contributed by atoms with Gasteiger partial charge in [-0.3, -0.25) is 0 Å². The standard InChI is InChI=1S/C5H11N3O/c1-3-2-7-5(9)8-4(3)6/h3-4H,2,6H2,1H3,(H2,7,8,9). The molecule has 0 bridgehead atoms. The van der Waals surface area contributed by atoms with Crippen molar-refractivity contribution >= 4 is 6.03 Å². The minimum Gasteiger partial charge on any atom is -0.338 e. The van der Waals surface area contributed by atoms with Gasteiger partial charge in [-0.15, -0.1) is 0 Å². The van der Waals surface area contributed by atoms with Crippen molar-refractivity contribution < 1.29 is 4.79 Å². The fraction of sp³-hybridized carbons (Fsp3) is 0.800. The molecule has 2 amide bonds. The van der Waals surface area contributed by atoms with Crippen LogP contribution in [-0.2, 0) is 0 Å². The zero-order chi connectivity index (χ0) is 6.85. The van der Waals surface area contributed by atoms with E-state index in [4.69, 9.17) is 5.73 Å². The Hall–Kier alpha value is -0.770. The van der Waals surface area contributed by atoms with Crippen LogP contribution in [0.1, 0.15) is 6.92 Å². The van der Waals surface area contributed by atoms with E-state index in [1.807, 2.05) is 6.92 Å². The number of urea groups is 1. The Morgan fingerprint density at radius 1 is 1.78 bits per heavy atom. The lowest BCUT2D eigenvalue weighted by atomic mass is 10.1. The monoisotopic (exact) mass is 129 g/mol. The SMILES string of the molecule is CC1CNC(=O)NC1N. The summed E-state index contributed by atoms with van der Waals surface area (Å²) in [5.74, 6) is 0.322. The molecule has 4 N–H and O–H groups in total. The first-order valence-electron chi connectivity index (χ1n) is 3.00. The summed E-state index contributed by atoms with van der Waals surface area (Å²) in [6.07, 6.45) is -0.182. The molecule has 0 saturated carbocycles. The molecule has 9 heavy (non-hydrogen) atoms. The Bertz CT molecular complexity index is 125. The third-order valence-corrected chi connectivity index (χ3v) is 1.50. The van der Waals surface area contributed by atoms with Gasteiger partial charge in [0.15, 0.2) is 0 Å². The van der Waals surface area contributed by atoms with Crippen molar-refractivity contribution in [2.24, 2.45) is 11.7 Å². The van der Waals surface area contributed by atoms with Crippen LogP contribution < -0.4 is 16.4 Å². The van der Waals surface area contributed by atoms with Crippen molar-refractivity contribution in [2.45, 2.75) is 13.1 Å². The second kappa shape index (κ2) is 2.23. The lowest BCUT2D eigenvalue weighted by molar-refractivity contribution is 0.218. The van der Waals surface area contributed by atoms with Crippen LogP contribution in [0.5, 0.6) is 0 Å². The number of hydrogen-bond donors (Lipinski definition) is 3. The molecule has 1 fully saturated rings. The Morgan fingerprint density at radius 2 is 2.44 bits per heavy atom. The average Bonchev–Trinajstić information content (AvgIpc) is 1.80. The molecule has 1 heterocycles. The molecule has 0 radical (unpaired) electrons. The molecule has 4 heteroatoms. The summed E-state index contributed by atoms with van der Waals surface area (Å²) in [5.41, 5.74) is 5.50. The highest BCUT2D eigenvalue weighted by molar-refractivity contribution is 5.74. The van der Waals surface area contributed by atoms with Gasteiger partial charge in [-0.05, 0) is 0 Å². The van der Waals surface area contributed by atoms with Gasteiger partial charge in [-0.1, -0.05) is 6.92 Å². The summed E-state index contributed by atoms with van der Waals surface area (Å²) in [7, 11) is 0. The normalized spacial score (nSPS) is 35.1. The Labute approximate surface area is 53.8 Å². The minimum atomic E-state index is -0.182. The molecule has 1 aliphatic rings. The van der Waals surface area contributed by atoms with Crippen LogP contribution in [0, 0.1) is 5.92 Å². The molecule has 2 atom stereocenters. The van der Waals surface area contributed by atoms with E-state index in [1.165, 1.54) is 0 Å². The molecule has 0 aliphatic carbocycles. The lowest BCUT2D eigenvalue weighted by Crippen LogP contribution is -2.57. The van der Waals surface area contributed by atoms with Crippen LogP contribution in [-0.4, -0.2) is 18.7 Å². The van der Waals surface area contributed by atoms with Gasteiger partial charge in [0.2, 0.25) is 0 Å². The van der Waals surface area contributed by atoms with Crippen molar-refractivity contribution in [1.29, 1.82) is 0 Å². The number of carbonyl (C=O) groups is 1. The molecule has 1 saturated heterocycles. The molecule has 1 aliphatic heterocycles. The zero-order valence-corrected chi connectivity index (χ0v) is 5.35. The number of nitrogens with one attached hydrogen (secondary N) is 2.